The number of aromatic hydroxyl groups is 1. The normalized spacial score (nSPS) is 12.5. The molecule has 1 aromatic carbocycles. The summed E-state index contributed by atoms with van der Waals surface area (Å²) < 4.78 is 1.57. The van der Waals surface area contributed by atoms with E-state index in [1.807, 2.05) is 12.1 Å². The number of hydrogen-bond acceptors (Lipinski definition) is 3. The van der Waals surface area contributed by atoms with Gasteiger partial charge in [-0.2, -0.15) is 0 Å². The Kier molecular flexibility index (Phi) is 4.65. The van der Waals surface area contributed by atoms with Crippen LogP contribution in [0.3, 0.4) is 0 Å². The van der Waals surface area contributed by atoms with E-state index in [0.717, 1.165) is 12.7 Å². The largest absolute Gasteiger partial charge is 0.511 e. The number of rotatable bonds is 3. The summed E-state index contributed by atoms with van der Waals surface area (Å²) in [5.74, 6) is 0.268. The third kappa shape index (κ3) is 3.49. The Bertz CT molecular complexity index is 370. The second kappa shape index (κ2) is 5.35. The van der Waals surface area contributed by atoms with Gasteiger partial charge in [0.15, 0.2) is 0 Å². The molecule has 0 saturated heterocycles. The van der Waals surface area contributed by atoms with Crippen LogP contribution in [0.15, 0.2) is 24.5 Å². The minimum atomic E-state index is -0.457. The van der Waals surface area contributed by atoms with Gasteiger partial charge in [-0.15, -0.1) is 0 Å². The quantitative estimate of drug-likeness (QED) is 0.510. The molecular formula is C10H11I2NO2. The van der Waals surface area contributed by atoms with Crippen LogP contribution >= 0.6 is 45.2 Å². The minimum absolute atomic E-state index is 0.0203. The van der Waals surface area contributed by atoms with Gasteiger partial charge in [-0.25, -0.2) is 0 Å². The van der Waals surface area contributed by atoms with Crippen molar-refractivity contribution in [3.8, 4) is 5.75 Å². The Balaban J connectivity index is 2.92. The van der Waals surface area contributed by atoms with E-state index in [1.54, 1.807) is 0 Å². The van der Waals surface area contributed by atoms with Gasteiger partial charge in [0.1, 0.15) is 11.5 Å². The van der Waals surface area contributed by atoms with Gasteiger partial charge in [-0.1, -0.05) is 6.58 Å². The number of halogens is 2. The maximum absolute atomic E-state index is 9.56. The van der Waals surface area contributed by atoms with Gasteiger partial charge < -0.3 is 15.9 Å². The lowest BCUT2D eigenvalue weighted by Crippen LogP contribution is -2.24. The fourth-order valence-electron chi connectivity index (χ4n) is 1.11. The second-order valence-electron chi connectivity index (χ2n) is 3.21. The summed E-state index contributed by atoms with van der Waals surface area (Å²) in [6.45, 7) is 3.39. The van der Waals surface area contributed by atoms with Crippen molar-refractivity contribution < 1.29 is 10.2 Å². The highest BCUT2D eigenvalue weighted by atomic mass is 127. The van der Waals surface area contributed by atoms with Crippen molar-refractivity contribution in [1.29, 1.82) is 0 Å². The van der Waals surface area contributed by atoms with Crippen molar-refractivity contribution in [2.24, 2.45) is 5.73 Å². The molecule has 0 bridgehead atoms. The summed E-state index contributed by atoms with van der Waals surface area (Å²) in [4.78, 5) is 0. The van der Waals surface area contributed by atoms with Crippen LogP contribution in [0, 0.1) is 7.14 Å². The number of nitrogens with two attached hydrogens (primary N) is 1. The van der Waals surface area contributed by atoms with Crippen LogP contribution in [0.2, 0.25) is 0 Å². The van der Waals surface area contributed by atoms with E-state index in [4.69, 9.17) is 10.8 Å². The average molecular weight is 431 g/mol. The van der Waals surface area contributed by atoms with Crippen LogP contribution in [-0.2, 0) is 6.42 Å². The molecule has 0 amide bonds. The average Bonchev–Trinajstić information content (AvgIpc) is 2.13. The van der Waals surface area contributed by atoms with Gasteiger partial charge in [0.2, 0.25) is 0 Å². The maximum Gasteiger partial charge on any atom is 0.142 e. The van der Waals surface area contributed by atoms with Crippen LogP contribution in [-0.4, -0.2) is 16.3 Å². The van der Waals surface area contributed by atoms with Crippen LogP contribution in [0.4, 0.5) is 0 Å². The number of benzene rings is 1. The number of phenolic OH excluding ortho intramolecular Hbond substituents is 1. The van der Waals surface area contributed by atoms with E-state index in [9.17, 15) is 5.11 Å². The Morgan fingerprint density at radius 2 is 1.87 bits per heavy atom. The molecular weight excluding hydrogens is 420 g/mol. The van der Waals surface area contributed by atoms with Gasteiger partial charge >= 0.3 is 0 Å². The number of aliphatic hydroxyl groups is 1. The third-order valence-electron chi connectivity index (χ3n) is 1.96. The molecule has 1 aromatic rings. The summed E-state index contributed by atoms with van der Waals surface area (Å²) in [7, 11) is 0. The fraction of sp³-hybridized carbons (Fsp3) is 0.200. The van der Waals surface area contributed by atoms with Crippen molar-refractivity contribution in [1.82, 2.24) is 0 Å². The first-order valence-electron chi connectivity index (χ1n) is 4.22. The van der Waals surface area contributed by atoms with Gasteiger partial charge in [-0.05, 0) is 69.3 Å². The van der Waals surface area contributed by atoms with Crippen molar-refractivity contribution in [3.05, 3.63) is 37.2 Å². The first-order chi connectivity index (χ1) is 6.91. The molecule has 15 heavy (non-hydrogen) atoms. The summed E-state index contributed by atoms with van der Waals surface area (Å²) in [6, 6.07) is 3.24. The second-order valence-corrected chi connectivity index (χ2v) is 5.53. The first kappa shape index (κ1) is 13.0. The van der Waals surface area contributed by atoms with E-state index in [1.165, 1.54) is 0 Å². The molecule has 0 heterocycles. The van der Waals surface area contributed by atoms with Crippen molar-refractivity contribution in [2.75, 3.05) is 0 Å². The monoisotopic (exact) mass is 431 g/mol. The molecule has 5 heteroatoms. The zero-order chi connectivity index (χ0) is 11.6. The van der Waals surface area contributed by atoms with Gasteiger partial charge in [0, 0.05) is 0 Å². The van der Waals surface area contributed by atoms with Gasteiger partial charge in [0.25, 0.3) is 0 Å². The standard InChI is InChI=1S/C10H11I2NO2/c1-5(14)9(13)4-6-2-7(11)10(15)8(12)3-6/h2-3,9,14-15H,1,4,13H2/t9-/m0/s1. The predicted molar refractivity (Wildman–Crippen MR) is 77.0 cm³/mol. The van der Waals surface area contributed by atoms with Crippen LogP contribution in [0.5, 0.6) is 5.75 Å². The summed E-state index contributed by atoms with van der Waals surface area (Å²) >= 11 is 4.12. The summed E-state index contributed by atoms with van der Waals surface area (Å²) in [5, 5.41) is 18.7. The Hall–Kier alpha value is -0.0200. The third-order valence-corrected chi connectivity index (χ3v) is 3.60. The molecule has 0 aliphatic rings. The highest BCUT2D eigenvalue weighted by Crippen LogP contribution is 2.27. The van der Waals surface area contributed by atoms with Gasteiger partial charge in [-0.3, -0.25) is 0 Å². The number of hydrogen-bond donors (Lipinski definition) is 3. The van der Waals surface area contributed by atoms with Crippen LogP contribution < -0.4 is 5.73 Å². The van der Waals surface area contributed by atoms with E-state index >= 15 is 0 Å². The van der Waals surface area contributed by atoms with E-state index in [0.29, 0.717) is 6.42 Å². The smallest absolute Gasteiger partial charge is 0.142 e. The Morgan fingerprint density at radius 1 is 1.40 bits per heavy atom. The molecule has 0 aliphatic carbocycles. The SMILES string of the molecule is C=C(O)[C@@H](N)Cc1cc(I)c(O)c(I)c1. The zero-order valence-electron chi connectivity index (χ0n) is 7.87. The van der Waals surface area contributed by atoms with Gasteiger partial charge in [0.05, 0.1) is 13.2 Å². The Labute approximate surface area is 116 Å². The van der Waals surface area contributed by atoms with E-state index in [2.05, 4.69) is 51.8 Å². The lowest BCUT2D eigenvalue weighted by molar-refractivity contribution is 0.368. The van der Waals surface area contributed by atoms with Crippen molar-refractivity contribution >= 4 is 45.2 Å². The lowest BCUT2D eigenvalue weighted by atomic mass is 10.1. The molecule has 0 saturated carbocycles. The molecule has 0 radical (unpaired) electrons. The predicted octanol–water partition coefficient (Wildman–Crippen LogP) is 2.54. The topological polar surface area (TPSA) is 66.5 Å². The molecule has 4 N–H and O–H groups in total. The van der Waals surface area contributed by atoms with Crippen LogP contribution in [0.1, 0.15) is 5.56 Å². The number of aliphatic hydroxyl groups excluding tert-OH is 1. The molecule has 0 aliphatic heterocycles. The van der Waals surface area contributed by atoms with Crippen molar-refractivity contribution in [3.63, 3.8) is 0 Å². The van der Waals surface area contributed by atoms with E-state index < -0.39 is 6.04 Å². The first-order valence-corrected chi connectivity index (χ1v) is 6.37. The minimum Gasteiger partial charge on any atom is -0.511 e. The molecule has 0 spiro atoms. The zero-order valence-corrected chi connectivity index (χ0v) is 12.2. The summed E-state index contributed by atoms with van der Waals surface area (Å²) in [5.41, 5.74) is 6.65. The summed E-state index contributed by atoms with van der Waals surface area (Å²) in [6.07, 6.45) is 0.515. The highest BCUT2D eigenvalue weighted by molar-refractivity contribution is 14.1. The van der Waals surface area contributed by atoms with E-state index in [-0.39, 0.29) is 11.5 Å². The van der Waals surface area contributed by atoms with Crippen LogP contribution in [0.25, 0.3) is 0 Å². The Morgan fingerprint density at radius 3 is 2.27 bits per heavy atom. The molecule has 0 aromatic heterocycles. The fourth-order valence-corrected chi connectivity index (χ4v) is 3.00. The molecule has 1 rings (SSSR count). The molecule has 0 fully saturated rings. The molecule has 0 unspecified atom stereocenters. The molecule has 1 atom stereocenters. The number of phenols is 1. The lowest BCUT2D eigenvalue weighted by Gasteiger charge is -2.11. The molecule has 82 valence electrons. The highest BCUT2D eigenvalue weighted by Gasteiger charge is 2.10. The van der Waals surface area contributed by atoms with Crippen molar-refractivity contribution in [2.45, 2.75) is 12.5 Å². The maximum atomic E-state index is 9.56. The molecule has 3 nitrogen and oxygen atoms in total.